The number of H-pyrrole nitrogens is 1. The molecule has 0 atom stereocenters. The van der Waals surface area contributed by atoms with Crippen LogP contribution in [0.15, 0.2) is 57.6 Å². The minimum atomic E-state index is -0.504. The second kappa shape index (κ2) is 7.00. The smallest absolute Gasteiger partial charge is 0.328 e. The number of nitrogens with one attached hydrogen (secondary N) is 2. The summed E-state index contributed by atoms with van der Waals surface area (Å²) in [6.45, 7) is 0.164. The Labute approximate surface area is 155 Å². The van der Waals surface area contributed by atoms with E-state index in [1.165, 1.54) is 22.3 Å². The summed E-state index contributed by atoms with van der Waals surface area (Å²) in [5.74, 6) is -0.432. The van der Waals surface area contributed by atoms with Crippen molar-refractivity contribution in [2.24, 2.45) is 0 Å². The Kier molecular flexibility index (Phi) is 4.38. The molecule has 0 unspecified atom stereocenters. The Bertz CT molecular complexity index is 1220. The first-order chi connectivity index (χ1) is 13.1. The van der Waals surface area contributed by atoms with E-state index in [-0.39, 0.29) is 24.3 Å². The highest BCUT2D eigenvalue weighted by Gasteiger charge is 2.12. The highest BCUT2D eigenvalue weighted by molar-refractivity contribution is 7.17. The van der Waals surface area contributed by atoms with Crippen molar-refractivity contribution in [3.05, 3.63) is 74.5 Å². The minimum absolute atomic E-state index is 0.0561. The van der Waals surface area contributed by atoms with Crippen LogP contribution in [0.4, 0.5) is 0 Å². The molecule has 27 heavy (non-hydrogen) atoms. The van der Waals surface area contributed by atoms with Crippen molar-refractivity contribution in [3.8, 4) is 5.69 Å². The van der Waals surface area contributed by atoms with Crippen LogP contribution < -0.4 is 16.6 Å². The van der Waals surface area contributed by atoms with Crippen LogP contribution in [-0.4, -0.2) is 37.0 Å². The number of aromatic nitrogens is 5. The maximum atomic E-state index is 12.3. The minimum Gasteiger partial charge on any atom is -0.349 e. The number of nitrogens with zero attached hydrogens (tertiary/aromatic N) is 4. The van der Waals surface area contributed by atoms with E-state index in [1.54, 1.807) is 11.4 Å². The van der Waals surface area contributed by atoms with Gasteiger partial charge in [0.05, 0.1) is 17.4 Å². The number of para-hydroxylation sites is 1. The second-order valence-electron chi connectivity index (χ2n) is 5.66. The predicted octanol–water partition coefficient (Wildman–Crippen LogP) is 0.762. The van der Waals surface area contributed by atoms with Crippen molar-refractivity contribution in [1.29, 1.82) is 0 Å². The van der Waals surface area contributed by atoms with Gasteiger partial charge in [-0.25, -0.2) is 4.79 Å². The van der Waals surface area contributed by atoms with Crippen molar-refractivity contribution in [3.63, 3.8) is 0 Å². The third kappa shape index (κ3) is 3.29. The molecule has 0 saturated heterocycles. The quantitative estimate of drug-likeness (QED) is 0.529. The average molecular weight is 382 g/mol. The van der Waals surface area contributed by atoms with Crippen LogP contribution in [0.2, 0.25) is 0 Å². The fourth-order valence-corrected chi connectivity index (χ4v) is 3.40. The van der Waals surface area contributed by atoms with Crippen molar-refractivity contribution < 1.29 is 4.79 Å². The zero-order valence-electron chi connectivity index (χ0n) is 14.0. The molecule has 10 heteroatoms. The molecule has 0 aliphatic heterocycles. The second-order valence-corrected chi connectivity index (χ2v) is 6.58. The lowest BCUT2D eigenvalue weighted by atomic mass is 10.3. The van der Waals surface area contributed by atoms with E-state index in [0.717, 1.165) is 10.3 Å². The van der Waals surface area contributed by atoms with Gasteiger partial charge in [-0.1, -0.05) is 18.2 Å². The van der Waals surface area contributed by atoms with Crippen LogP contribution in [-0.2, 0) is 6.54 Å². The predicted molar refractivity (Wildman–Crippen MR) is 100 cm³/mol. The van der Waals surface area contributed by atoms with Crippen molar-refractivity contribution in [2.45, 2.75) is 6.54 Å². The molecule has 0 saturated carbocycles. The number of thiophene rings is 1. The number of benzene rings is 1. The first kappa shape index (κ1) is 16.9. The van der Waals surface area contributed by atoms with Crippen LogP contribution in [0.25, 0.3) is 15.9 Å². The van der Waals surface area contributed by atoms with E-state index in [2.05, 4.69) is 20.5 Å². The maximum absolute atomic E-state index is 12.3. The van der Waals surface area contributed by atoms with Crippen LogP contribution in [0.5, 0.6) is 0 Å². The number of rotatable bonds is 5. The van der Waals surface area contributed by atoms with Gasteiger partial charge < -0.3 is 10.3 Å². The lowest BCUT2D eigenvalue weighted by molar-refractivity contribution is 0.0946. The normalized spacial score (nSPS) is 11.0. The molecule has 0 aliphatic rings. The molecule has 9 nitrogen and oxygen atoms in total. The van der Waals surface area contributed by atoms with Crippen LogP contribution in [0.3, 0.4) is 0 Å². The standard InChI is InChI=1S/C17H14N6O3S/c24-15(13-10-19-23(21-13)11-4-2-1-3-5-11)18-7-8-22-16(25)14-12(6-9-27-14)20-17(22)26/h1-6,9-10H,7-8H2,(H,18,24)(H,20,26). The van der Waals surface area contributed by atoms with Crippen LogP contribution >= 0.6 is 11.3 Å². The number of hydrogen-bond donors (Lipinski definition) is 2. The number of fused-ring (bicyclic) bond motifs is 1. The first-order valence-electron chi connectivity index (χ1n) is 8.10. The molecule has 0 aliphatic carbocycles. The third-order valence-electron chi connectivity index (χ3n) is 3.92. The number of amides is 1. The molecule has 2 N–H and O–H groups in total. The topological polar surface area (TPSA) is 115 Å². The zero-order chi connectivity index (χ0) is 18.8. The molecule has 0 spiro atoms. The van der Waals surface area contributed by atoms with E-state index < -0.39 is 11.6 Å². The molecular formula is C17H14N6O3S. The van der Waals surface area contributed by atoms with Gasteiger partial charge in [0.15, 0.2) is 5.69 Å². The van der Waals surface area contributed by atoms with E-state index in [4.69, 9.17) is 0 Å². The highest BCUT2D eigenvalue weighted by atomic mass is 32.1. The van der Waals surface area contributed by atoms with Gasteiger partial charge in [0.1, 0.15) is 4.70 Å². The monoisotopic (exact) mass is 382 g/mol. The van der Waals surface area contributed by atoms with Gasteiger partial charge in [0.25, 0.3) is 11.5 Å². The Balaban J connectivity index is 1.44. The SMILES string of the molecule is O=C(NCCn1c(=O)[nH]c2ccsc2c1=O)c1cnn(-c2ccccc2)n1. The van der Waals surface area contributed by atoms with Crippen molar-refractivity contribution in [2.75, 3.05) is 6.54 Å². The maximum Gasteiger partial charge on any atom is 0.328 e. The molecule has 136 valence electrons. The van der Waals surface area contributed by atoms with Gasteiger partial charge in [-0.15, -0.1) is 16.4 Å². The van der Waals surface area contributed by atoms with Crippen LogP contribution in [0.1, 0.15) is 10.5 Å². The molecule has 0 radical (unpaired) electrons. The Morgan fingerprint density at radius 2 is 2.00 bits per heavy atom. The van der Waals surface area contributed by atoms with Crippen molar-refractivity contribution in [1.82, 2.24) is 29.9 Å². The van der Waals surface area contributed by atoms with Crippen LogP contribution in [0, 0.1) is 0 Å². The molecule has 3 aromatic heterocycles. The fourth-order valence-electron chi connectivity index (χ4n) is 2.60. The van der Waals surface area contributed by atoms with E-state index >= 15 is 0 Å². The van der Waals surface area contributed by atoms with Gasteiger partial charge in [-0.2, -0.15) is 9.90 Å². The summed E-state index contributed by atoms with van der Waals surface area (Å²) in [5, 5.41) is 12.6. The summed E-state index contributed by atoms with van der Waals surface area (Å²) in [6.07, 6.45) is 1.36. The number of carbonyl (C=O) groups is 1. The molecular weight excluding hydrogens is 368 g/mol. The molecule has 4 aromatic rings. The Hall–Kier alpha value is -3.53. The molecule has 0 bridgehead atoms. The fraction of sp³-hybridized carbons (Fsp3) is 0.118. The highest BCUT2D eigenvalue weighted by Crippen LogP contribution is 2.11. The summed E-state index contributed by atoms with van der Waals surface area (Å²) < 4.78 is 1.55. The summed E-state index contributed by atoms with van der Waals surface area (Å²) in [5.41, 5.74) is 0.531. The molecule has 1 amide bonds. The number of carbonyl (C=O) groups excluding carboxylic acids is 1. The summed E-state index contributed by atoms with van der Waals surface area (Å²) in [4.78, 5) is 40.6. The average Bonchev–Trinajstić information content (AvgIpc) is 3.34. The lowest BCUT2D eigenvalue weighted by Crippen LogP contribution is -2.38. The molecule has 4 rings (SSSR count). The van der Waals surface area contributed by atoms with Gasteiger partial charge in [0.2, 0.25) is 0 Å². The molecule has 1 aromatic carbocycles. The number of aromatic amines is 1. The van der Waals surface area contributed by atoms with Gasteiger partial charge in [-0.05, 0) is 23.6 Å². The van der Waals surface area contributed by atoms with E-state index in [9.17, 15) is 14.4 Å². The van der Waals surface area contributed by atoms with Gasteiger partial charge in [0, 0.05) is 13.1 Å². The number of hydrogen-bond acceptors (Lipinski definition) is 6. The van der Waals surface area contributed by atoms with Gasteiger partial charge >= 0.3 is 5.69 Å². The lowest BCUT2D eigenvalue weighted by Gasteiger charge is -2.05. The third-order valence-corrected chi connectivity index (χ3v) is 4.83. The van der Waals surface area contributed by atoms with E-state index in [0.29, 0.717) is 10.2 Å². The largest absolute Gasteiger partial charge is 0.349 e. The van der Waals surface area contributed by atoms with Gasteiger partial charge in [-0.3, -0.25) is 14.2 Å². The Morgan fingerprint density at radius 3 is 2.81 bits per heavy atom. The molecule has 0 fully saturated rings. The summed E-state index contributed by atoms with van der Waals surface area (Å²) in [7, 11) is 0. The summed E-state index contributed by atoms with van der Waals surface area (Å²) in [6, 6.07) is 10.9. The first-order valence-corrected chi connectivity index (χ1v) is 8.98. The molecule has 3 heterocycles. The summed E-state index contributed by atoms with van der Waals surface area (Å²) >= 11 is 1.26. The van der Waals surface area contributed by atoms with Crippen molar-refractivity contribution >= 4 is 27.5 Å². The Morgan fingerprint density at radius 1 is 1.19 bits per heavy atom. The zero-order valence-corrected chi connectivity index (χ0v) is 14.8. The van der Waals surface area contributed by atoms with E-state index in [1.807, 2.05) is 30.3 Å².